The topological polar surface area (TPSA) is 112 Å². The number of anilines is 5. The highest BCUT2D eigenvalue weighted by molar-refractivity contribution is 7.80. The molecule has 0 aromatic heterocycles. The first-order valence-corrected chi connectivity index (χ1v) is 13.1. The summed E-state index contributed by atoms with van der Waals surface area (Å²) in [5.41, 5.74) is 6.57. The summed E-state index contributed by atoms with van der Waals surface area (Å²) in [5, 5.41) is 20.5. The number of fused-ring (bicyclic) bond motifs is 1. The van der Waals surface area contributed by atoms with E-state index in [2.05, 4.69) is 57.8 Å². The van der Waals surface area contributed by atoms with Crippen LogP contribution in [0.25, 0.3) is 0 Å². The Labute approximate surface area is 232 Å². The molecule has 10 nitrogen and oxygen atoms in total. The minimum atomic E-state index is -0.588. The van der Waals surface area contributed by atoms with Gasteiger partial charge in [-0.2, -0.15) is 0 Å². The lowest BCUT2D eigenvalue weighted by Crippen LogP contribution is -2.47. The first kappa shape index (κ1) is 26.2. The van der Waals surface area contributed by atoms with E-state index in [1.54, 1.807) is 19.1 Å². The van der Waals surface area contributed by atoms with Crippen molar-refractivity contribution in [1.29, 1.82) is 0 Å². The molecule has 11 heteroatoms. The number of aryl methyl sites for hydroxylation is 2. The molecule has 0 aliphatic carbocycles. The fraction of sp³-hybridized carbons (Fsp3) is 0.286. The van der Waals surface area contributed by atoms with Gasteiger partial charge in [0.2, 0.25) is 0 Å². The second kappa shape index (κ2) is 10.8. The molecule has 2 aliphatic rings. The van der Waals surface area contributed by atoms with Gasteiger partial charge in [0.1, 0.15) is 5.75 Å². The summed E-state index contributed by atoms with van der Waals surface area (Å²) in [4.78, 5) is 27.4. The number of carbonyl (C=O) groups excluding carboxylic acids is 1. The number of hydrogen-bond acceptors (Lipinski definition) is 7. The number of carbonyl (C=O) groups is 1. The highest BCUT2D eigenvalue weighted by Gasteiger charge is 2.28. The Kier molecular flexibility index (Phi) is 7.25. The zero-order valence-corrected chi connectivity index (χ0v) is 22.8. The number of nitro benzene ring substituents is 1. The predicted octanol–water partition coefficient (Wildman–Crippen LogP) is 5.07. The number of piperazine rings is 1. The van der Waals surface area contributed by atoms with Gasteiger partial charge >= 0.3 is 0 Å². The van der Waals surface area contributed by atoms with Crippen molar-refractivity contribution >= 4 is 57.4 Å². The van der Waals surface area contributed by atoms with Gasteiger partial charge in [0.15, 0.2) is 11.2 Å². The molecule has 1 atom stereocenters. The smallest absolute Gasteiger partial charge is 0.269 e. The van der Waals surface area contributed by atoms with E-state index in [0.717, 1.165) is 31.9 Å². The van der Waals surface area contributed by atoms with Crippen molar-refractivity contribution in [2.45, 2.75) is 26.9 Å². The molecule has 3 N–H and O–H groups in total. The van der Waals surface area contributed by atoms with E-state index in [1.807, 2.05) is 12.1 Å². The standard InChI is InChI=1S/C28H30N6O4S/c1-17-4-9-24(18(2)14-17)32-10-12-33(13-11-32)25-16-26-23(30-27(35)19(3)38-26)15-22(25)31-28(39)29-20-5-7-21(8-6-20)34(36)37/h4-9,14-16,19H,10-13H2,1-3H3,(H,30,35)(H2,29,31,39). The average Bonchev–Trinajstić information content (AvgIpc) is 2.90. The highest BCUT2D eigenvalue weighted by atomic mass is 32.1. The molecular weight excluding hydrogens is 516 g/mol. The van der Waals surface area contributed by atoms with E-state index in [4.69, 9.17) is 17.0 Å². The van der Waals surface area contributed by atoms with Crippen LogP contribution < -0.4 is 30.5 Å². The molecule has 1 fully saturated rings. The van der Waals surface area contributed by atoms with Gasteiger partial charge < -0.3 is 30.5 Å². The van der Waals surface area contributed by atoms with E-state index < -0.39 is 11.0 Å². The number of benzene rings is 3. The van der Waals surface area contributed by atoms with Crippen LogP contribution in [0.2, 0.25) is 0 Å². The predicted molar refractivity (Wildman–Crippen MR) is 158 cm³/mol. The number of amides is 1. The van der Waals surface area contributed by atoms with Crippen LogP contribution in [0.3, 0.4) is 0 Å². The second-order valence-electron chi connectivity index (χ2n) is 9.76. The number of ether oxygens (including phenoxy) is 1. The van der Waals surface area contributed by atoms with E-state index in [9.17, 15) is 14.9 Å². The van der Waals surface area contributed by atoms with Crippen molar-refractivity contribution in [1.82, 2.24) is 0 Å². The van der Waals surface area contributed by atoms with Crippen LogP contribution in [0.5, 0.6) is 5.75 Å². The Morgan fingerprint density at radius 2 is 1.67 bits per heavy atom. The fourth-order valence-electron chi connectivity index (χ4n) is 4.90. The number of nitrogens with zero attached hydrogens (tertiary/aromatic N) is 3. The van der Waals surface area contributed by atoms with Crippen molar-refractivity contribution in [2.75, 3.05) is 51.9 Å². The third-order valence-electron chi connectivity index (χ3n) is 6.93. The summed E-state index contributed by atoms with van der Waals surface area (Å²) in [6, 6.07) is 16.3. The van der Waals surface area contributed by atoms with Crippen LogP contribution >= 0.6 is 12.2 Å². The molecule has 2 heterocycles. The zero-order valence-electron chi connectivity index (χ0n) is 22.0. The molecule has 2 aliphatic heterocycles. The summed E-state index contributed by atoms with van der Waals surface area (Å²) < 4.78 is 5.90. The lowest BCUT2D eigenvalue weighted by atomic mass is 10.1. The number of nitrogens with one attached hydrogen (secondary N) is 3. The molecule has 3 aromatic carbocycles. The summed E-state index contributed by atoms with van der Waals surface area (Å²) in [7, 11) is 0. The monoisotopic (exact) mass is 546 g/mol. The number of thiocarbonyl (C=S) groups is 1. The summed E-state index contributed by atoms with van der Waals surface area (Å²) in [6.45, 7) is 9.23. The third kappa shape index (κ3) is 5.73. The van der Waals surface area contributed by atoms with Crippen LogP contribution in [0.4, 0.5) is 34.1 Å². The first-order valence-electron chi connectivity index (χ1n) is 12.7. The Hall–Kier alpha value is -4.38. The van der Waals surface area contributed by atoms with Crippen molar-refractivity contribution < 1.29 is 14.5 Å². The molecule has 1 amide bonds. The Balaban J connectivity index is 1.37. The van der Waals surface area contributed by atoms with E-state index in [0.29, 0.717) is 27.9 Å². The van der Waals surface area contributed by atoms with Gasteiger partial charge in [-0.1, -0.05) is 17.7 Å². The lowest BCUT2D eigenvalue weighted by molar-refractivity contribution is -0.384. The van der Waals surface area contributed by atoms with E-state index >= 15 is 0 Å². The van der Waals surface area contributed by atoms with Crippen LogP contribution in [-0.2, 0) is 4.79 Å². The third-order valence-corrected chi connectivity index (χ3v) is 7.13. The molecule has 39 heavy (non-hydrogen) atoms. The molecule has 5 rings (SSSR count). The minimum absolute atomic E-state index is 0.00124. The van der Waals surface area contributed by atoms with E-state index in [-0.39, 0.29) is 11.6 Å². The molecule has 3 aromatic rings. The quantitative estimate of drug-likeness (QED) is 0.229. The fourth-order valence-corrected chi connectivity index (χ4v) is 5.13. The highest BCUT2D eigenvalue weighted by Crippen LogP contribution is 2.40. The maximum absolute atomic E-state index is 12.3. The van der Waals surface area contributed by atoms with Crippen LogP contribution in [-0.4, -0.2) is 48.2 Å². The van der Waals surface area contributed by atoms with E-state index in [1.165, 1.54) is 28.9 Å². The average molecular weight is 547 g/mol. The van der Waals surface area contributed by atoms with Crippen molar-refractivity contribution in [3.05, 3.63) is 75.8 Å². The summed E-state index contributed by atoms with van der Waals surface area (Å²) in [6.07, 6.45) is -0.588. The van der Waals surface area contributed by atoms with Gasteiger partial charge in [0.05, 0.1) is 22.0 Å². The number of hydrogen-bond donors (Lipinski definition) is 3. The summed E-state index contributed by atoms with van der Waals surface area (Å²) >= 11 is 5.57. The largest absolute Gasteiger partial charge is 0.479 e. The molecular formula is C28H30N6O4S. The SMILES string of the molecule is Cc1ccc(N2CCN(c3cc4c(cc3NC(=S)Nc3ccc([N+](=O)[O-])cc3)NC(=O)C(C)O4)CC2)c(C)c1. The van der Waals surface area contributed by atoms with Crippen LogP contribution in [0.15, 0.2) is 54.6 Å². The Bertz CT molecular complexity index is 1440. The second-order valence-corrected chi connectivity index (χ2v) is 10.2. The maximum atomic E-state index is 12.3. The van der Waals surface area contributed by atoms with Crippen LogP contribution in [0, 0.1) is 24.0 Å². The molecule has 0 radical (unpaired) electrons. The van der Waals surface area contributed by atoms with Gasteiger partial charge in [-0.25, -0.2) is 0 Å². The molecule has 202 valence electrons. The number of non-ortho nitro benzene ring substituents is 1. The lowest BCUT2D eigenvalue weighted by Gasteiger charge is -2.39. The molecule has 0 spiro atoms. The van der Waals surface area contributed by atoms with Gasteiger partial charge in [-0.15, -0.1) is 0 Å². The Morgan fingerprint density at radius 3 is 2.31 bits per heavy atom. The van der Waals surface area contributed by atoms with Gasteiger partial charge in [-0.3, -0.25) is 14.9 Å². The van der Waals surface area contributed by atoms with Crippen molar-refractivity contribution in [3.63, 3.8) is 0 Å². The minimum Gasteiger partial charge on any atom is -0.479 e. The maximum Gasteiger partial charge on any atom is 0.269 e. The summed E-state index contributed by atoms with van der Waals surface area (Å²) in [5.74, 6) is 0.392. The normalized spacial score (nSPS) is 16.6. The number of rotatable bonds is 5. The number of nitro groups is 1. The van der Waals surface area contributed by atoms with Gasteiger partial charge in [-0.05, 0) is 62.8 Å². The van der Waals surface area contributed by atoms with Crippen LogP contribution in [0.1, 0.15) is 18.1 Å². The van der Waals surface area contributed by atoms with Crippen molar-refractivity contribution in [2.24, 2.45) is 0 Å². The molecule has 1 unspecified atom stereocenters. The van der Waals surface area contributed by atoms with Crippen molar-refractivity contribution in [3.8, 4) is 5.75 Å². The first-order chi connectivity index (χ1) is 18.7. The Morgan fingerprint density at radius 1 is 1.00 bits per heavy atom. The molecule has 1 saturated heterocycles. The van der Waals surface area contributed by atoms with Gasteiger partial charge in [0, 0.05) is 55.8 Å². The van der Waals surface area contributed by atoms with Gasteiger partial charge in [0.25, 0.3) is 11.6 Å². The zero-order chi connectivity index (χ0) is 27.7. The molecule has 0 bridgehead atoms. The molecule has 0 saturated carbocycles.